The van der Waals surface area contributed by atoms with Crippen molar-refractivity contribution in [1.82, 2.24) is 0 Å². The van der Waals surface area contributed by atoms with Gasteiger partial charge in [-0.15, -0.1) is 11.6 Å². The molecule has 0 saturated heterocycles. The second-order valence-electron chi connectivity index (χ2n) is 3.82. The van der Waals surface area contributed by atoms with Crippen LogP contribution in [0.5, 0.6) is 5.75 Å². The van der Waals surface area contributed by atoms with Gasteiger partial charge in [0, 0.05) is 10.6 Å². The van der Waals surface area contributed by atoms with Crippen molar-refractivity contribution in [3.63, 3.8) is 0 Å². The molecular weight excluding hydrogens is 269 g/mol. The molecule has 0 aliphatic rings. The van der Waals surface area contributed by atoms with Gasteiger partial charge in [0.15, 0.2) is 6.23 Å². The molecule has 0 fully saturated rings. The van der Waals surface area contributed by atoms with Gasteiger partial charge in [-0.05, 0) is 23.8 Å². The van der Waals surface area contributed by atoms with E-state index < -0.39 is 6.23 Å². The van der Waals surface area contributed by atoms with Crippen molar-refractivity contribution in [2.75, 3.05) is 5.88 Å². The molecule has 0 aromatic heterocycles. The largest absolute Gasteiger partial charge is 0.474 e. The van der Waals surface area contributed by atoms with Crippen molar-refractivity contribution in [2.45, 2.75) is 6.23 Å². The van der Waals surface area contributed by atoms with Crippen LogP contribution in [-0.4, -0.2) is 12.1 Å². The minimum atomic E-state index is -0.532. The first-order valence-electron chi connectivity index (χ1n) is 5.54. The highest BCUT2D eigenvalue weighted by Crippen LogP contribution is 2.32. The Balaban J connectivity index is 2.41. The number of halogens is 2. The molecule has 2 nitrogen and oxygen atoms in total. The molecule has 0 bridgehead atoms. The summed E-state index contributed by atoms with van der Waals surface area (Å²) >= 11 is 11.7. The minimum absolute atomic E-state index is 0.233. The van der Waals surface area contributed by atoms with Gasteiger partial charge in [-0.25, -0.2) is 0 Å². The Morgan fingerprint density at radius 2 is 1.83 bits per heavy atom. The third-order valence-corrected chi connectivity index (χ3v) is 3.00. The monoisotopic (exact) mass is 281 g/mol. The third kappa shape index (κ3) is 3.16. The highest BCUT2D eigenvalue weighted by atomic mass is 35.5. The Morgan fingerprint density at radius 1 is 1.11 bits per heavy atom. The average molecular weight is 282 g/mol. The molecular formula is C14H13Cl2NO. The van der Waals surface area contributed by atoms with Gasteiger partial charge in [0.05, 0.1) is 5.88 Å². The first-order chi connectivity index (χ1) is 8.70. The molecule has 2 N–H and O–H groups in total. The molecule has 0 aliphatic heterocycles. The molecule has 0 aliphatic carbocycles. The van der Waals surface area contributed by atoms with Gasteiger partial charge in [-0.1, -0.05) is 41.9 Å². The molecule has 1 atom stereocenters. The fourth-order valence-electron chi connectivity index (χ4n) is 1.64. The zero-order chi connectivity index (χ0) is 13.0. The van der Waals surface area contributed by atoms with E-state index in [2.05, 4.69) is 0 Å². The molecule has 18 heavy (non-hydrogen) atoms. The first-order valence-corrected chi connectivity index (χ1v) is 6.45. The van der Waals surface area contributed by atoms with Crippen LogP contribution in [0.3, 0.4) is 0 Å². The summed E-state index contributed by atoms with van der Waals surface area (Å²) < 4.78 is 5.59. The predicted octanol–water partition coefficient (Wildman–Crippen LogP) is 3.91. The summed E-state index contributed by atoms with van der Waals surface area (Å²) in [5, 5.41) is 0.653. The number of rotatable bonds is 4. The van der Waals surface area contributed by atoms with Crippen LogP contribution in [0.2, 0.25) is 5.02 Å². The Bertz CT molecular complexity index is 516. The molecule has 0 heterocycles. The number of ether oxygens (including phenoxy) is 1. The summed E-state index contributed by atoms with van der Waals surface area (Å²) in [7, 11) is 0. The standard InChI is InChI=1S/C14H13Cl2NO/c15-9-14(17)18-13-7-6-11(16)8-12(13)10-4-2-1-3-5-10/h1-8,14H,9,17H2. The zero-order valence-corrected chi connectivity index (χ0v) is 11.2. The van der Waals surface area contributed by atoms with E-state index in [0.29, 0.717) is 10.8 Å². The summed E-state index contributed by atoms with van der Waals surface area (Å²) in [4.78, 5) is 0. The molecule has 2 aromatic carbocycles. The lowest BCUT2D eigenvalue weighted by Crippen LogP contribution is -2.28. The maximum Gasteiger partial charge on any atom is 0.161 e. The second-order valence-corrected chi connectivity index (χ2v) is 4.56. The Hall–Kier alpha value is -1.22. The van der Waals surface area contributed by atoms with E-state index in [0.717, 1.165) is 11.1 Å². The van der Waals surface area contributed by atoms with Gasteiger partial charge in [-0.3, -0.25) is 5.73 Å². The highest BCUT2D eigenvalue weighted by molar-refractivity contribution is 6.31. The minimum Gasteiger partial charge on any atom is -0.474 e. The van der Waals surface area contributed by atoms with Gasteiger partial charge in [0.2, 0.25) is 0 Å². The van der Waals surface area contributed by atoms with Crippen molar-refractivity contribution in [1.29, 1.82) is 0 Å². The van der Waals surface area contributed by atoms with Crippen LogP contribution in [0.4, 0.5) is 0 Å². The van der Waals surface area contributed by atoms with E-state index in [9.17, 15) is 0 Å². The van der Waals surface area contributed by atoms with Crippen molar-refractivity contribution >= 4 is 23.2 Å². The number of nitrogens with two attached hydrogens (primary N) is 1. The molecule has 4 heteroatoms. The fourth-order valence-corrected chi connectivity index (χ4v) is 1.88. The summed E-state index contributed by atoms with van der Waals surface area (Å²) in [6.45, 7) is 0. The molecule has 94 valence electrons. The summed E-state index contributed by atoms with van der Waals surface area (Å²) in [5.74, 6) is 0.912. The molecule has 0 amide bonds. The Morgan fingerprint density at radius 3 is 2.50 bits per heavy atom. The molecule has 0 saturated carbocycles. The molecule has 2 rings (SSSR count). The number of hydrogen-bond acceptors (Lipinski definition) is 2. The molecule has 0 radical (unpaired) electrons. The normalized spacial score (nSPS) is 12.2. The molecule has 1 unspecified atom stereocenters. The van der Waals surface area contributed by atoms with Crippen LogP contribution in [0, 0.1) is 0 Å². The van der Waals surface area contributed by atoms with E-state index in [1.54, 1.807) is 12.1 Å². The lowest BCUT2D eigenvalue weighted by atomic mass is 10.0. The smallest absolute Gasteiger partial charge is 0.161 e. The quantitative estimate of drug-likeness (QED) is 0.681. The molecule has 2 aromatic rings. The SMILES string of the molecule is NC(CCl)Oc1ccc(Cl)cc1-c1ccccc1. The summed E-state index contributed by atoms with van der Waals surface area (Å²) in [5.41, 5.74) is 7.63. The lowest BCUT2D eigenvalue weighted by molar-refractivity contribution is 0.234. The van der Waals surface area contributed by atoms with Crippen LogP contribution in [0.15, 0.2) is 48.5 Å². The van der Waals surface area contributed by atoms with E-state index in [-0.39, 0.29) is 5.88 Å². The third-order valence-electron chi connectivity index (χ3n) is 2.46. The lowest BCUT2D eigenvalue weighted by Gasteiger charge is -2.15. The maximum absolute atomic E-state index is 6.02. The van der Waals surface area contributed by atoms with Gasteiger partial charge < -0.3 is 4.74 Å². The van der Waals surface area contributed by atoms with Gasteiger partial charge in [0.25, 0.3) is 0 Å². The van der Waals surface area contributed by atoms with Crippen molar-refractivity contribution in [2.24, 2.45) is 5.73 Å². The van der Waals surface area contributed by atoms with Crippen LogP contribution in [0.25, 0.3) is 11.1 Å². The van der Waals surface area contributed by atoms with Gasteiger partial charge >= 0.3 is 0 Å². The van der Waals surface area contributed by atoms with Crippen molar-refractivity contribution in [3.8, 4) is 16.9 Å². The fraction of sp³-hybridized carbons (Fsp3) is 0.143. The summed E-state index contributed by atoms with van der Waals surface area (Å²) in [6, 6.07) is 15.3. The second kappa shape index (κ2) is 6.10. The van der Waals surface area contributed by atoms with Crippen LogP contribution >= 0.6 is 23.2 Å². The van der Waals surface area contributed by atoms with E-state index in [4.69, 9.17) is 33.7 Å². The maximum atomic E-state index is 6.02. The Kier molecular flexibility index (Phi) is 4.48. The van der Waals surface area contributed by atoms with E-state index in [1.165, 1.54) is 0 Å². The predicted molar refractivity (Wildman–Crippen MR) is 76.2 cm³/mol. The highest BCUT2D eigenvalue weighted by Gasteiger charge is 2.10. The van der Waals surface area contributed by atoms with Crippen LogP contribution in [0.1, 0.15) is 0 Å². The zero-order valence-electron chi connectivity index (χ0n) is 9.64. The Labute approximate surface area is 116 Å². The topological polar surface area (TPSA) is 35.2 Å². The van der Waals surface area contributed by atoms with E-state index >= 15 is 0 Å². The molecule has 0 spiro atoms. The van der Waals surface area contributed by atoms with Crippen LogP contribution in [-0.2, 0) is 0 Å². The average Bonchev–Trinajstić information content (AvgIpc) is 2.41. The number of alkyl halides is 1. The first kappa shape index (κ1) is 13.2. The van der Waals surface area contributed by atoms with Gasteiger partial charge in [0.1, 0.15) is 5.75 Å². The van der Waals surface area contributed by atoms with Gasteiger partial charge in [-0.2, -0.15) is 0 Å². The van der Waals surface area contributed by atoms with Crippen molar-refractivity contribution < 1.29 is 4.74 Å². The number of benzene rings is 2. The van der Waals surface area contributed by atoms with Crippen LogP contribution < -0.4 is 10.5 Å². The van der Waals surface area contributed by atoms with E-state index in [1.807, 2.05) is 36.4 Å². The summed E-state index contributed by atoms with van der Waals surface area (Å²) in [6.07, 6.45) is -0.532. The number of hydrogen-bond donors (Lipinski definition) is 1. The van der Waals surface area contributed by atoms with Crippen molar-refractivity contribution in [3.05, 3.63) is 53.6 Å².